The number of hydrogen-bond donors (Lipinski definition) is 0. The third kappa shape index (κ3) is 4.91. The van der Waals surface area contributed by atoms with Gasteiger partial charge in [-0.2, -0.15) is 13.2 Å². The number of alkyl halides is 3. The summed E-state index contributed by atoms with van der Waals surface area (Å²) in [6.45, 7) is 0.310. The van der Waals surface area contributed by atoms with Crippen molar-refractivity contribution in [3.05, 3.63) is 59.3 Å². The molecule has 0 N–H and O–H groups in total. The molecule has 0 saturated carbocycles. The summed E-state index contributed by atoms with van der Waals surface area (Å²) in [6.07, 6.45) is -3.69. The minimum atomic E-state index is -4.53. The van der Waals surface area contributed by atoms with Gasteiger partial charge in [0.2, 0.25) is 5.91 Å². The highest BCUT2D eigenvalue weighted by atomic mass is 19.4. The Hall–Kier alpha value is -3.27. The smallest absolute Gasteiger partial charge is 0.383 e. The van der Waals surface area contributed by atoms with E-state index >= 15 is 0 Å². The number of anilines is 1. The van der Waals surface area contributed by atoms with Gasteiger partial charge in [-0.15, -0.1) is 0 Å². The monoisotopic (exact) mass is 435 g/mol. The van der Waals surface area contributed by atoms with Crippen LogP contribution in [-0.2, 0) is 15.7 Å². The number of hydrogen-bond acceptors (Lipinski definition) is 5. The molecule has 1 aliphatic rings. The summed E-state index contributed by atoms with van der Waals surface area (Å²) < 4.78 is 43.2. The van der Waals surface area contributed by atoms with Crippen molar-refractivity contribution in [1.29, 1.82) is 0 Å². The van der Waals surface area contributed by atoms with Crippen molar-refractivity contribution < 1.29 is 32.3 Å². The second-order valence-corrected chi connectivity index (χ2v) is 6.85. The van der Waals surface area contributed by atoms with Gasteiger partial charge in [-0.05, 0) is 30.7 Å². The van der Waals surface area contributed by atoms with Crippen molar-refractivity contribution in [1.82, 2.24) is 9.88 Å². The predicted octanol–water partition coefficient (Wildman–Crippen LogP) is 3.16. The van der Waals surface area contributed by atoms with Gasteiger partial charge in [-0.25, -0.2) is 4.98 Å². The number of rotatable bonds is 8. The van der Waals surface area contributed by atoms with Crippen LogP contribution in [0.25, 0.3) is 0 Å². The molecule has 1 aliphatic heterocycles. The largest absolute Gasteiger partial charge is 0.417 e. The number of imide groups is 1. The zero-order chi connectivity index (χ0) is 22.6. The maximum absolute atomic E-state index is 12.8. The number of carbonyl (C=O) groups is 3. The van der Waals surface area contributed by atoms with E-state index in [1.165, 1.54) is 12.0 Å². The number of halogens is 3. The number of pyridine rings is 1. The molecule has 7 nitrogen and oxygen atoms in total. The van der Waals surface area contributed by atoms with Crippen molar-refractivity contribution in [2.45, 2.75) is 19.0 Å². The van der Waals surface area contributed by atoms with E-state index in [2.05, 4.69) is 4.98 Å². The van der Waals surface area contributed by atoms with Gasteiger partial charge in [-0.1, -0.05) is 12.1 Å². The Morgan fingerprint density at radius 2 is 1.74 bits per heavy atom. The Kier molecular flexibility index (Phi) is 6.69. The molecular formula is C21H20F3N3O4. The van der Waals surface area contributed by atoms with Crippen molar-refractivity contribution in [2.75, 3.05) is 31.7 Å². The van der Waals surface area contributed by atoms with Crippen LogP contribution < -0.4 is 4.90 Å². The van der Waals surface area contributed by atoms with Crippen LogP contribution in [0, 0.1) is 0 Å². The number of fused-ring (bicyclic) bond motifs is 1. The summed E-state index contributed by atoms with van der Waals surface area (Å²) in [5.74, 6) is -1.15. The molecule has 164 valence electrons. The number of amides is 3. The van der Waals surface area contributed by atoms with Crippen molar-refractivity contribution in [2.24, 2.45) is 0 Å². The summed E-state index contributed by atoms with van der Waals surface area (Å²) in [5.41, 5.74) is -0.259. The fraction of sp³-hybridized carbons (Fsp3) is 0.333. The van der Waals surface area contributed by atoms with Crippen LogP contribution in [0.4, 0.5) is 19.0 Å². The first-order valence-corrected chi connectivity index (χ1v) is 9.52. The predicted molar refractivity (Wildman–Crippen MR) is 105 cm³/mol. The third-order valence-corrected chi connectivity index (χ3v) is 4.82. The number of methoxy groups -OCH3 is 1. The molecule has 10 heteroatoms. The van der Waals surface area contributed by atoms with Gasteiger partial charge in [0.25, 0.3) is 11.8 Å². The van der Waals surface area contributed by atoms with Gasteiger partial charge >= 0.3 is 6.18 Å². The molecule has 31 heavy (non-hydrogen) atoms. The lowest BCUT2D eigenvalue weighted by Gasteiger charge is -2.22. The Balaban J connectivity index is 1.64. The van der Waals surface area contributed by atoms with Crippen LogP contribution in [0.3, 0.4) is 0 Å². The summed E-state index contributed by atoms with van der Waals surface area (Å²) in [4.78, 5) is 43.6. The van der Waals surface area contributed by atoms with Gasteiger partial charge in [0, 0.05) is 26.3 Å². The minimum absolute atomic E-state index is 0.0280. The van der Waals surface area contributed by atoms with E-state index in [1.54, 1.807) is 24.3 Å². The highest BCUT2D eigenvalue weighted by molar-refractivity contribution is 6.21. The maximum Gasteiger partial charge on any atom is 0.417 e. The summed E-state index contributed by atoms with van der Waals surface area (Å²) in [7, 11) is 1.44. The fourth-order valence-corrected chi connectivity index (χ4v) is 3.23. The van der Waals surface area contributed by atoms with Gasteiger partial charge < -0.3 is 4.74 Å². The summed E-state index contributed by atoms with van der Waals surface area (Å²) >= 11 is 0. The molecule has 2 heterocycles. The second kappa shape index (κ2) is 9.25. The Bertz CT molecular complexity index is 942. The molecular weight excluding hydrogens is 415 g/mol. The molecule has 0 radical (unpaired) electrons. The molecule has 3 rings (SSSR count). The third-order valence-electron chi connectivity index (χ3n) is 4.82. The Morgan fingerprint density at radius 3 is 2.26 bits per heavy atom. The molecule has 2 aromatic rings. The maximum atomic E-state index is 12.8. The van der Waals surface area contributed by atoms with E-state index in [-0.39, 0.29) is 38.4 Å². The highest BCUT2D eigenvalue weighted by Crippen LogP contribution is 2.29. The van der Waals surface area contributed by atoms with Crippen LogP contribution in [0.15, 0.2) is 42.6 Å². The lowest BCUT2D eigenvalue weighted by molar-refractivity contribution is -0.137. The van der Waals surface area contributed by atoms with Crippen LogP contribution in [0.1, 0.15) is 39.1 Å². The molecule has 3 amide bonds. The number of aromatic nitrogens is 1. The molecule has 1 aromatic heterocycles. The average Bonchev–Trinajstić information content (AvgIpc) is 2.99. The van der Waals surface area contributed by atoms with Crippen molar-refractivity contribution in [3.63, 3.8) is 0 Å². The molecule has 1 aromatic carbocycles. The standard InChI is InChI=1S/C21H20F3N3O4/c1-31-12-11-26(17-9-8-14(13-25-17)21(22,23)24)18(28)7-4-10-27-19(29)15-5-2-3-6-16(15)20(27)30/h2-3,5-6,8-9,13H,4,7,10-12H2,1H3. The number of nitrogens with zero attached hydrogens (tertiary/aromatic N) is 3. The first-order chi connectivity index (χ1) is 14.7. The van der Waals surface area contributed by atoms with Gasteiger partial charge in [0.1, 0.15) is 5.82 Å². The highest BCUT2D eigenvalue weighted by Gasteiger charge is 2.35. The first kappa shape index (κ1) is 22.4. The summed E-state index contributed by atoms with van der Waals surface area (Å²) in [6, 6.07) is 8.46. The van der Waals surface area contributed by atoms with Crippen LogP contribution >= 0.6 is 0 Å². The average molecular weight is 435 g/mol. The number of benzene rings is 1. The van der Waals surface area contributed by atoms with Crippen LogP contribution in [0.2, 0.25) is 0 Å². The molecule has 0 unspecified atom stereocenters. The van der Waals surface area contributed by atoms with Gasteiger partial charge in [-0.3, -0.25) is 24.2 Å². The molecule has 0 bridgehead atoms. The Morgan fingerprint density at radius 1 is 1.10 bits per heavy atom. The molecule has 0 fully saturated rings. The minimum Gasteiger partial charge on any atom is -0.383 e. The molecule has 0 atom stereocenters. The molecule has 0 aliphatic carbocycles. The molecule has 0 spiro atoms. The van der Waals surface area contributed by atoms with E-state index in [1.807, 2.05) is 0 Å². The fourth-order valence-electron chi connectivity index (χ4n) is 3.23. The lowest BCUT2D eigenvalue weighted by Crippen LogP contribution is -2.36. The van der Waals surface area contributed by atoms with Crippen molar-refractivity contribution in [3.8, 4) is 0 Å². The van der Waals surface area contributed by atoms with Gasteiger partial charge in [0.05, 0.1) is 29.8 Å². The zero-order valence-electron chi connectivity index (χ0n) is 16.7. The van der Waals surface area contributed by atoms with E-state index in [0.717, 1.165) is 17.0 Å². The second-order valence-electron chi connectivity index (χ2n) is 6.85. The molecule has 0 saturated heterocycles. The SMILES string of the molecule is COCCN(C(=O)CCCN1C(=O)c2ccccc2C1=O)c1ccc(C(F)(F)F)cn1. The van der Waals surface area contributed by atoms with E-state index in [9.17, 15) is 27.6 Å². The van der Waals surface area contributed by atoms with Crippen LogP contribution in [-0.4, -0.2) is 54.4 Å². The van der Waals surface area contributed by atoms with Crippen molar-refractivity contribution >= 4 is 23.5 Å². The number of carbonyl (C=O) groups excluding carboxylic acids is 3. The van der Waals surface area contributed by atoms with Crippen LogP contribution in [0.5, 0.6) is 0 Å². The number of ether oxygens (including phenoxy) is 1. The van der Waals surface area contributed by atoms with Gasteiger partial charge in [0.15, 0.2) is 0 Å². The van der Waals surface area contributed by atoms with E-state index in [0.29, 0.717) is 17.3 Å². The lowest BCUT2D eigenvalue weighted by atomic mass is 10.1. The van der Waals surface area contributed by atoms with E-state index < -0.39 is 29.5 Å². The topological polar surface area (TPSA) is 79.8 Å². The Labute approximate surface area is 176 Å². The summed E-state index contributed by atoms with van der Waals surface area (Å²) in [5, 5.41) is 0. The zero-order valence-corrected chi connectivity index (χ0v) is 16.7. The van der Waals surface area contributed by atoms with E-state index in [4.69, 9.17) is 4.74 Å². The quantitative estimate of drug-likeness (QED) is 0.595. The normalized spacial score (nSPS) is 13.5. The first-order valence-electron chi connectivity index (χ1n) is 9.52.